The average Bonchev–Trinajstić information content (AvgIpc) is 2.97. The highest BCUT2D eigenvalue weighted by atomic mass is 35.5. The summed E-state index contributed by atoms with van der Waals surface area (Å²) in [5, 5.41) is 16.2. The molecule has 0 spiro atoms. The summed E-state index contributed by atoms with van der Waals surface area (Å²) in [6, 6.07) is 13.7. The molecule has 2 aromatic carbocycles. The zero-order valence-electron chi connectivity index (χ0n) is 12.9. The van der Waals surface area contributed by atoms with Gasteiger partial charge in [0.25, 0.3) is 0 Å². The number of aromatic nitrogens is 2. The molecule has 3 nitrogen and oxygen atoms in total. The van der Waals surface area contributed by atoms with Gasteiger partial charge < -0.3 is 5.11 Å². The highest BCUT2D eigenvalue weighted by molar-refractivity contribution is 6.35. The number of halogens is 1. The lowest BCUT2D eigenvalue weighted by molar-refractivity contribution is 0.334. The molecule has 0 unspecified atom stereocenters. The molecule has 4 heteroatoms. The molecule has 0 aliphatic heterocycles. The van der Waals surface area contributed by atoms with E-state index >= 15 is 0 Å². The molecule has 23 heavy (non-hydrogen) atoms. The second-order valence-electron chi connectivity index (χ2n) is 6.27. The Morgan fingerprint density at radius 3 is 2.48 bits per heavy atom. The fourth-order valence-corrected chi connectivity index (χ4v) is 3.80. The first-order valence-electron chi connectivity index (χ1n) is 8.20. The Morgan fingerprint density at radius 1 is 1.00 bits per heavy atom. The van der Waals surface area contributed by atoms with Gasteiger partial charge in [-0.1, -0.05) is 43.0 Å². The molecule has 118 valence electrons. The number of hydrogen-bond acceptors (Lipinski definition) is 2. The summed E-state index contributed by atoms with van der Waals surface area (Å²) in [5.74, 6) is 0.278. The Bertz CT molecular complexity index is 832. The minimum atomic E-state index is 0.278. The van der Waals surface area contributed by atoms with Crippen molar-refractivity contribution in [2.45, 2.75) is 38.1 Å². The van der Waals surface area contributed by atoms with Crippen molar-refractivity contribution in [2.24, 2.45) is 0 Å². The first-order valence-corrected chi connectivity index (χ1v) is 8.58. The molecule has 0 atom stereocenters. The molecular weight excluding hydrogens is 308 g/mol. The molecule has 1 fully saturated rings. The topological polar surface area (TPSA) is 38.1 Å². The molecule has 0 radical (unpaired) electrons. The van der Waals surface area contributed by atoms with Crippen LogP contribution in [0.3, 0.4) is 0 Å². The molecule has 1 aliphatic rings. The van der Waals surface area contributed by atoms with Gasteiger partial charge in [-0.25, -0.2) is 0 Å². The predicted octanol–water partition coefficient (Wildman–Crippen LogP) is 5.57. The minimum absolute atomic E-state index is 0.278. The smallest absolute Gasteiger partial charge is 0.115 e. The van der Waals surface area contributed by atoms with Gasteiger partial charge in [0.05, 0.1) is 16.8 Å². The van der Waals surface area contributed by atoms with Crippen molar-refractivity contribution in [3.8, 4) is 17.0 Å². The van der Waals surface area contributed by atoms with Crippen molar-refractivity contribution in [3.05, 3.63) is 47.5 Å². The van der Waals surface area contributed by atoms with Crippen molar-refractivity contribution < 1.29 is 5.11 Å². The normalized spacial score (nSPS) is 16.0. The van der Waals surface area contributed by atoms with Gasteiger partial charge in [0, 0.05) is 10.9 Å². The lowest BCUT2D eigenvalue weighted by Crippen LogP contribution is -2.15. The van der Waals surface area contributed by atoms with Crippen molar-refractivity contribution >= 4 is 22.5 Å². The van der Waals surface area contributed by atoms with Crippen LogP contribution in [0.15, 0.2) is 42.5 Å². The van der Waals surface area contributed by atoms with Crippen LogP contribution in [0.4, 0.5) is 0 Å². The molecular formula is C19H19ClN2O. The van der Waals surface area contributed by atoms with E-state index in [1.165, 1.54) is 19.3 Å². The highest BCUT2D eigenvalue weighted by Gasteiger charge is 2.23. The van der Waals surface area contributed by atoms with Gasteiger partial charge in [-0.05, 0) is 43.2 Å². The lowest BCUT2D eigenvalue weighted by Gasteiger charge is -2.24. The van der Waals surface area contributed by atoms with Crippen molar-refractivity contribution in [2.75, 3.05) is 0 Å². The third kappa shape index (κ3) is 2.59. The number of phenolic OH excluding ortho intramolecular Hbond substituents is 1. The maximum Gasteiger partial charge on any atom is 0.115 e. The zero-order chi connectivity index (χ0) is 15.8. The largest absolute Gasteiger partial charge is 0.508 e. The fourth-order valence-electron chi connectivity index (χ4n) is 3.59. The fraction of sp³-hybridized carbons (Fsp3) is 0.316. The molecule has 3 aromatic rings. The second kappa shape index (κ2) is 5.89. The van der Waals surface area contributed by atoms with E-state index in [4.69, 9.17) is 16.7 Å². The van der Waals surface area contributed by atoms with E-state index < -0.39 is 0 Å². The standard InChI is InChI=1S/C19H19ClN2O/c20-17-8-4-7-16-18(17)21-22(14-5-2-1-3-6-14)19(16)13-9-11-15(23)12-10-13/h4,7-12,14,23H,1-3,5-6H2. The van der Waals surface area contributed by atoms with Gasteiger partial charge in [-0.3, -0.25) is 4.68 Å². The van der Waals surface area contributed by atoms with E-state index in [9.17, 15) is 5.11 Å². The summed E-state index contributed by atoms with van der Waals surface area (Å²) in [6.07, 6.45) is 6.15. The lowest BCUT2D eigenvalue weighted by atomic mass is 9.95. The number of hydrogen-bond donors (Lipinski definition) is 1. The number of phenols is 1. The molecule has 0 bridgehead atoms. The number of benzene rings is 2. The van der Waals surface area contributed by atoms with Gasteiger partial charge in [0.2, 0.25) is 0 Å². The summed E-state index contributed by atoms with van der Waals surface area (Å²) < 4.78 is 2.17. The Hall–Kier alpha value is -2.00. The molecule has 1 heterocycles. The zero-order valence-corrected chi connectivity index (χ0v) is 13.6. The number of nitrogens with zero attached hydrogens (tertiary/aromatic N) is 2. The molecule has 1 saturated carbocycles. The summed E-state index contributed by atoms with van der Waals surface area (Å²) >= 11 is 6.38. The SMILES string of the molecule is Oc1ccc(-c2c3cccc(Cl)c3nn2C2CCCCC2)cc1. The quantitative estimate of drug-likeness (QED) is 0.668. The van der Waals surface area contributed by atoms with E-state index in [1.807, 2.05) is 24.3 Å². The van der Waals surface area contributed by atoms with Crippen LogP contribution in [0.5, 0.6) is 5.75 Å². The Balaban J connectivity index is 1.95. The summed E-state index contributed by atoms with van der Waals surface area (Å²) in [7, 11) is 0. The highest BCUT2D eigenvalue weighted by Crippen LogP contribution is 2.38. The van der Waals surface area contributed by atoms with Crippen LogP contribution in [0.2, 0.25) is 5.02 Å². The third-order valence-corrected chi connectivity index (χ3v) is 5.05. The van der Waals surface area contributed by atoms with E-state index in [2.05, 4.69) is 10.7 Å². The van der Waals surface area contributed by atoms with E-state index in [-0.39, 0.29) is 5.75 Å². The maximum absolute atomic E-state index is 9.59. The van der Waals surface area contributed by atoms with Crippen LogP contribution in [-0.2, 0) is 0 Å². The predicted molar refractivity (Wildman–Crippen MR) is 94.0 cm³/mol. The summed E-state index contributed by atoms with van der Waals surface area (Å²) in [5.41, 5.74) is 3.04. The van der Waals surface area contributed by atoms with E-state index in [1.54, 1.807) is 12.1 Å². The van der Waals surface area contributed by atoms with Gasteiger partial charge >= 0.3 is 0 Å². The monoisotopic (exact) mass is 326 g/mol. The second-order valence-corrected chi connectivity index (χ2v) is 6.68. The van der Waals surface area contributed by atoms with Crippen molar-refractivity contribution in [1.82, 2.24) is 9.78 Å². The van der Waals surface area contributed by atoms with E-state index in [0.29, 0.717) is 11.1 Å². The van der Waals surface area contributed by atoms with Crippen LogP contribution in [-0.4, -0.2) is 14.9 Å². The van der Waals surface area contributed by atoms with E-state index in [0.717, 1.165) is 35.0 Å². The van der Waals surface area contributed by atoms with Crippen LogP contribution < -0.4 is 0 Å². The van der Waals surface area contributed by atoms with Gasteiger partial charge in [-0.2, -0.15) is 5.10 Å². The van der Waals surface area contributed by atoms with Crippen molar-refractivity contribution in [3.63, 3.8) is 0 Å². The third-order valence-electron chi connectivity index (χ3n) is 4.74. The van der Waals surface area contributed by atoms with Crippen molar-refractivity contribution in [1.29, 1.82) is 0 Å². The number of rotatable bonds is 2. The molecule has 1 N–H and O–H groups in total. The molecule has 4 rings (SSSR count). The van der Waals surface area contributed by atoms with Gasteiger partial charge in [-0.15, -0.1) is 0 Å². The molecule has 0 amide bonds. The summed E-state index contributed by atoms with van der Waals surface area (Å²) in [6.45, 7) is 0. The minimum Gasteiger partial charge on any atom is -0.508 e. The average molecular weight is 327 g/mol. The van der Waals surface area contributed by atoms with Gasteiger partial charge in [0.15, 0.2) is 0 Å². The molecule has 0 saturated heterocycles. The molecule has 1 aliphatic carbocycles. The van der Waals surface area contributed by atoms with Gasteiger partial charge in [0.1, 0.15) is 11.3 Å². The first kappa shape index (κ1) is 14.6. The number of fused-ring (bicyclic) bond motifs is 1. The number of aromatic hydroxyl groups is 1. The van der Waals surface area contributed by atoms with Crippen LogP contribution in [0.1, 0.15) is 38.1 Å². The first-order chi connectivity index (χ1) is 11.2. The maximum atomic E-state index is 9.59. The Labute approximate surface area is 140 Å². The molecule has 1 aromatic heterocycles. The van der Waals surface area contributed by atoms with Crippen LogP contribution in [0, 0.1) is 0 Å². The Kier molecular flexibility index (Phi) is 3.74. The van der Waals surface area contributed by atoms with Crippen LogP contribution >= 0.6 is 11.6 Å². The Morgan fingerprint density at radius 2 is 1.74 bits per heavy atom. The summed E-state index contributed by atoms with van der Waals surface area (Å²) in [4.78, 5) is 0. The van der Waals surface area contributed by atoms with Crippen LogP contribution in [0.25, 0.3) is 22.2 Å².